The molecular weight excluding hydrogens is 303 g/mol. The first-order chi connectivity index (χ1) is 9.93. The molecule has 0 aliphatic heterocycles. The van der Waals surface area contributed by atoms with E-state index in [1.807, 2.05) is 30.3 Å². The van der Waals surface area contributed by atoms with Gasteiger partial charge in [0.1, 0.15) is 0 Å². The molecule has 0 aliphatic rings. The van der Waals surface area contributed by atoms with Crippen LogP contribution >= 0.6 is 11.5 Å². The van der Waals surface area contributed by atoms with Crippen LogP contribution in [0.5, 0.6) is 0 Å². The molecule has 0 fully saturated rings. The molecule has 1 unspecified atom stereocenters. The predicted molar refractivity (Wildman–Crippen MR) is 74.2 cm³/mol. The summed E-state index contributed by atoms with van der Waals surface area (Å²) in [5, 5.41) is 9.36. The number of alkyl halides is 3. The second kappa shape index (κ2) is 6.40. The summed E-state index contributed by atoms with van der Waals surface area (Å²) in [7, 11) is 1.65. The Morgan fingerprint density at radius 3 is 2.48 bits per heavy atom. The van der Waals surface area contributed by atoms with Crippen molar-refractivity contribution in [3.05, 3.63) is 41.7 Å². The average molecular weight is 317 g/mol. The van der Waals surface area contributed by atoms with Crippen molar-refractivity contribution >= 4 is 16.7 Å². The van der Waals surface area contributed by atoms with Gasteiger partial charge in [0.15, 0.2) is 0 Å². The van der Waals surface area contributed by atoms with Gasteiger partial charge < -0.3 is 10.0 Å². The number of benzene rings is 1. The number of aliphatic hydroxyl groups excluding tert-OH is 1. The number of anilines is 1. The molecule has 0 spiro atoms. The summed E-state index contributed by atoms with van der Waals surface area (Å²) >= 11 is 0.697. The van der Waals surface area contributed by atoms with Crippen LogP contribution in [0.4, 0.5) is 18.3 Å². The third kappa shape index (κ3) is 3.70. The van der Waals surface area contributed by atoms with E-state index in [9.17, 15) is 18.3 Å². The van der Waals surface area contributed by atoms with Crippen molar-refractivity contribution < 1.29 is 18.3 Å². The van der Waals surface area contributed by atoms with Crippen LogP contribution in [0.2, 0.25) is 0 Å². The third-order valence-corrected chi connectivity index (χ3v) is 3.83. The quantitative estimate of drug-likeness (QED) is 0.920. The first kappa shape index (κ1) is 15.7. The highest BCUT2D eigenvalue weighted by Gasteiger charge is 2.36. The number of aromatic nitrogens is 2. The molecule has 0 aliphatic carbocycles. The van der Waals surface area contributed by atoms with E-state index in [0.29, 0.717) is 18.0 Å². The Balaban J connectivity index is 2.26. The maximum absolute atomic E-state index is 12.6. The van der Waals surface area contributed by atoms with Gasteiger partial charge in [-0.3, -0.25) is 0 Å². The maximum atomic E-state index is 12.6. The van der Waals surface area contributed by atoms with Crippen molar-refractivity contribution in [2.45, 2.75) is 18.6 Å². The molecule has 0 bridgehead atoms. The first-order valence-electron chi connectivity index (χ1n) is 6.23. The summed E-state index contributed by atoms with van der Waals surface area (Å²) in [6.07, 6.45) is -4.16. The van der Waals surface area contributed by atoms with Gasteiger partial charge in [0.2, 0.25) is 11.0 Å². The van der Waals surface area contributed by atoms with Gasteiger partial charge >= 0.3 is 6.18 Å². The van der Waals surface area contributed by atoms with Crippen molar-refractivity contribution in [1.82, 2.24) is 9.36 Å². The topological polar surface area (TPSA) is 49.2 Å². The molecule has 1 aromatic heterocycles. The van der Waals surface area contributed by atoms with Crippen LogP contribution in [0, 0.1) is 0 Å². The van der Waals surface area contributed by atoms with Crippen LogP contribution in [0.25, 0.3) is 0 Å². The summed E-state index contributed by atoms with van der Waals surface area (Å²) in [4.78, 5) is 5.15. The highest BCUT2D eigenvalue weighted by Crippen LogP contribution is 2.33. The normalized spacial score (nSPS) is 13.2. The van der Waals surface area contributed by atoms with Gasteiger partial charge in [-0.2, -0.15) is 22.5 Å². The fourth-order valence-corrected chi connectivity index (χ4v) is 2.68. The summed E-state index contributed by atoms with van der Waals surface area (Å²) < 4.78 is 41.0. The molecule has 4 nitrogen and oxygen atoms in total. The highest BCUT2D eigenvalue weighted by atomic mass is 32.1. The third-order valence-electron chi connectivity index (χ3n) is 3.02. The van der Waals surface area contributed by atoms with Gasteiger partial charge in [-0.15, -0.1) is 0 Å². The lowest BCUT2D eigenvalue weighted by atomic mass is 10.0. The Labute approximate surface area is 124 Å². The number of hydrogen-bond donors (Lipinski definition) is 1. The lowest BCUT2D eigenvalue weighted by molar-refractivity contribution is -0.144. The second-order valence-electron chi connectivity index (χ2n) is 4.45. The molecule has 21 heavy (non-hydrogen) atoms. The molecule has 0 saturated heterocycles. The summed E-state index contributed by atoms with van der Waals surface area (Å²) in [5.41, 5.74) is 0.901. The van der Waals surface area contributed by atoms with E-state index in [4.69, 9.17) is 0 Å². The Kier molecular flexibility index (Phi) is 4.79. The van der Waals surface area contributed by atoms with Crippen molar-refractivity contribution in [3.63, 3.8) is 0 Å². The molecule has 1 aromatic carbocycles. The maximum Gasteiger partial charge on any atom is 0.452 e. The van der Waals surface area contributed by atoms with Gasteiger partial charge in [-0.1, -0.05) is 30.3 Å². The minimum Gasteiger partial charge on any atom is -0.396 e. The van der Waals surface area contributed by atoms with Gasteiger partial charge in [-0.05, 0) is 12.0 Å². The average Bonchev–Trinajstić information content (AvgIpc) is 2.95. The molecule has 2 rings (SSSR count). The first-order valence-corrected chi connectivity index (χ1v) is 7.00. The van der Waals surface area contributed by atoms with Crippen LogP contribution in [0.1, 0.15) is 23.9 Å². The minimum absolute atomic E-state index is 0.0746. The van der Waals surface area contributed by atoms with E-state index in [1.165, 1.54) is 0 Å². The Bertz CT molecular complexity index is 574. The molecule has 0 amide bonds. The number of nitrogens with zero attached hydrogens (tertiary/aromatic N) is 3. The van der Waals surface area contributed by atoms with Crippen LogP contribution in [-0.2, 0) is 6.18 Å². The standard InChI is InChI=1S/C13H14F3N3OS/c1-19(12-17-11(18-21-12)13(14,15)16)10(7-8-20)9-5-3-2-4-6-9/h2-6,10,20H,7-8H2,1H3. The molecule has 1 atom stereocenters. The molecule has 1 heterocycles. The smallest absolute Gasteiger partial charge is 0.396 e. The molecule has 2 aromatic rings. The van der Waals surface area contributed by atoms with Crippen molar-refractivity contribution in [2.24, 2.45) is 0 Å². The van der Waals surface area contributed by atoms with Crippen molar-refractivity contribution in [3.8, 4) is 0 Å². The van der Waals surface area contributed by atoms with Gasteiger partial charge in [0.05, 0.1) is 6.04 Å². The largest absolute Gasteiger partial charge is 0.452 e. The van der Waals surface area contributed by atoms with Crippen LogP contribution in [0.3, 0.4) is 0 Å². The molecule has 0 saturated carbocycles. The fourth-order valence-electron chi connectivity index (χ4n) is 1.99. The van der Waals surface area contributed by atoms with E-state index < -0.39 is 12.0 Å². The van der Waals surface area contributed by atoms with Gasteiger partial charge in [0, 0.05) is 25.2 Å². The zero-order valence-electron chi connectivity index (χ0n) is 11.2. The van der Waals surface area contributed by atoms with Crippen molar-refractivity contribution in [2.75, 3.05) is 18.6 Å². The molecule has 0 radical (unpaired) electrons. The van der Waals surface area contributed by atoms with E-state index in [1.54, 1.807) is 11.9 Å². The number of aliphatic hydroxyl groups is 1. The SMILES string of the molecule is CN(c1nc(C(F)(F)F)ns1)C(CCO)c1ccccc1. The number of rotatable bonds is 5. The summed E-state index contributed by atoms with van der Waals surface area (Å²) in [6, 6.07) is 9.01. The lowest BCUT2D eigenvalue weighted by Gasteiger charge is -2.27. The Hall–Kier alpha value is -1.67. The van der Waals surface area contributed by atoms with Gasteiger partial charge in [-0.25, -0.2) is 0 Å². The second-order valence-corrected chi connectivity index (χ2v) is 5.18. The summed E-state index contributed by atoms with van der Waals surface area (Å²) in [6.45, 7) is -0.0746. The molecule has 8 heteroatoms. The number of hydrogen-bond acceptors (Lipinski definition) is 5. The fraction of sp³-hybridized carbons (Fsp3) is 0.385. The zero-order chi connectivity index (χ0) is 15.5. The Morgan fingerprint density at radius 1 is 1.29 bits per heavy atom. The molecule has 1 N–H and O–H groups in total. The summed E-state index contributed by atoms with van der Waals surface area (Å²) in [5.74, 6) is -1.13. The van der Waals surface area contributed by atoms with Crippen molar-refractivity contribution in [1.29, 1.82) is 0 Å². The lowest BCUT2D eigenvalue weighted by Crippen LogP contribution is -2.25. The van der Waals surface area contributed by atoms with Gasteiger partial charge in [0.25, 0.3) is 0 Å². The van der Waals surface area contributed by atoms with E-state index in [-0.39, 0.29) is 17.8 Å². The van der Waals surface area contributed by atoms with E-state index in [2.05, 4.69) is 9.36 Å². The van der Waals surface area contributed by atoms with Crippen LogP contribution in [0.15, 0.2) is 30.3 Å². The van der Waals surface area contributed by atoms with Crippen LogP contribution < -0.4 is 4.90 Å². The molecular formula is C13H14F3N3OS. The predicted octanol–water partition coefficient (Wildman–Crippen LogP) is 3.12. The zero-order valence-corrected chi connectivity index (χ0v) is 12.0. The van der Waals surface area contributed by atoms with E-state index in [0.717, 1.165) is 5.56 Å². The number of halogens is 3. The monoisotopic (exact) mass is 317 g/mol. The van der Waals surface area contributed by atoms with E-state index >= 15 is 0 Å². The minimum atomic E-state index is -4.55. The highest BCUT2D eigenvalue weighted by molar-refractivity contribution is 7.09. The molecule has 114 valence electrons. The van der Waals surface area contributed by atoms with Crippen LogP contribution in [-0.4, -0.2) is 28.1 Å². The Morgan fingerprint density at radius 2 is 1.95 bits per heavy atom.